The van der Waals surface area contributed by atoms with E-state index in [9.17, 15) is 4.57 Å². The Balaban J connectivity index is 3.80. The van der Waals surface area contributed by atoms with Gasteiger partial charge in [-0.1, -0.05) is 13.8 Å². The lowest BCUT2D eigenvalue weighted by Crippen LogP contribution is -2.22. The molecule has 2 N–H and O–H groups in total. The smallest absolute Gasteiger partial charge is 0.325 e. The fraction of sp³-hybridized carbons (Fsp3) is 1.00. The SMILES string of the molecule is CC(C)(CO)COP(C)(=O)O. The maximum atomic E-state index is 10.6. The van der Waals surface area contributed by atoms with E-state index < -0.39 is 13.0 Å². The molecular formula is C6H15O4P. The van der Waals surface area contributed by atoms with Gasteiger partial charge in [0.15, 0.2) is 0 Å². The zero-order valence-corrected chi connectivity index (χ0v) is 7.97. The van der Waals surface area contributed by atoms with Crippen LogP contribution >= 0.6 is 7.60 Å². The summed E-state index contributed by atoms with van der Waals surface area (Å²) in [6.45, 7) is 4.66. The molecule has 0 bridgehead atoms. The van der Waals surface area contributed by atoms with Crippen LogP contribution in [0.15, 0.2) is 0 Å². The minimum absolute atomic E-state index is 0.0625. The molecular weight excluding hydrogens is 167 g/mol. The van der Waals surface area contributed by atoms with Crippen LogP contribution < -0.4 is 0 Å². The van der Waals surface area contributed by atoms with Gasteiger partial charge in [0.25, 0.3) is 0 Å². The molecule has 5 heteroatoms. The second-order valence-corrected chi connectivity index (χ2v) is 5.26. The Morgan fingerprint density at radius 1 is 1.55 bits per heavy atom. The lowest BCUT2D eigenvalue weighted by molar-refractivity contribution is 0.0916. The van der Waals surface area contributed by atoms with Crippen LogP contribution in [0.3, 0.4) is 0 Å². The van der Waals surface area contributed by atoms with Crippen molar-refractivity contribution in [3.8, 4) is 0 Å². The monoisotopic (exact) mass is 182 g/mol. The van der Waals surface area contributed by atoms with E-state index in [4.69, 9.17) is 10.00 Å². The average molecular weight is 182 g/mol. The number of rotatable bonds is 4. The van der Waals surface area contributed by atoms with Crippen molar-refractivity contribution in [2.24, 2.45) is 5.41 Å². The summed E-state index contributed by atoms with van der Waals surface area (Å²) in [6, 6.07) is 0. The quantitative estimate of drug-likeness (QED) is 0.632. The second kappa shape index (κ2) is 3.68. The first kappa shape index (κ1) is 11.1. The van der Waals surface area contributed by atoms with Gasteiger partial charge in [0.05, 0.1) is 13.2 Å². The van der Waals surface area contributed by atoms with Crippen LogP contribution in [0.1, 0.15) is 13.8 Å². The van der Waals surface area contributed by atoms with Gasteiger partial charge in [-0.2, -0.15) is 0 Å². The second-order valence-electron chi connectivity index (χ2n) is 3.40. The molecule has 4 nitrogen and oxygen atoms in total. The van der Waals surface area contributed by atoms with Crippen molar-refractivity contribution in [2.75, 3.05) is 19.9 Å². The molecule has 0 aliphatic heterocycles. The Hall–Kier alpha value is 0.110. The Morgan fingerprint density at radius 2 is 2.00 bits per heavy atom. The Bertz CT molecular complexity index is 160. The maximum absolute atomic E-state index is 10.6. The van der Waals surface area contributed by atoms with Gasteiger partial charge in [-0.25, -0.2) is 0 Å². The van der Waals surface area contributed by atoms with E-state index in [0.29, 0.717) is 0 Å². The van der Waals surface area contributed by atoms with Gasteiger partial charge >= 0.3 is 7.60 Å². The van der Waals surface area contributed by atoms with E-state index >= 15 is 0 Å². The maximum Gasteiger partial charge on any atom is 0.325 e. The summed E-state index contributed by atoms with van der Waals surface area (Å²) >= 11 is 0. The van der Waals surface area contributed by atoms with Crippen molar-refractivity contribution in [3.63, 3.8) is 0 Å². The Labute approximate surface area is 66.7 Å². The van der Waals surface area contributed by atoms with Gasteiger partial charge in [0.2, 0.25) is 0 Å². The number of aliphatic hydroxyl groups excluding tert-OH is 1. The summed E-state index contributed by atoms with van der Waals surface area (Å²) in [6.07, 6.45) is 0. The third-order valence-electron chi connectivity index (χ3n) is 1.12. The molecule has 68 valence electrons. The van der Waals surface area contributed by atoms with E-state index in [-0.39, 0.29) is 13.2 Å². The lowest BCUT2D eigenvalue weighted by Gasteiger charge is -2.21. The van der Waals surface area contributed by atoms with Crippen LogP contribution in [0, 0.1) is 5.41 Å². The molecule has 0 spiro atoms. The van der Waals surface area contributed by atoms with Gasteiger partial charge in [-0.05, 0) is 0 Å². The standard InChI is InChI=1S/C6H15O4P/c1-6(2,4-7)5-10-11(3,8)9/h7H,4-5H2,1-3H3,(H,8,9). The highest BCUT2D eigenvalue weighted by molar-refractivity contribution is 7.51. The van der Waals surface area contributed by atoms with Crippen molar-refractivity contribution in [2.45, 2.75) is 13.8 Å². The molecule has 0 aliphatic carbocycles. The molecule has 0 radical (unpaired) electrons. The van der Waals surface area contributed by atoms with E-state index in [1.807, 2.05) is 0 Å². The molecule has 0 saturated heterocycles. The molecule has 1 atom stereocenters. The highest BCUT2D eigenvalue weighted by atomic mass is 31.2. The predicted molar refractivity (Wildman–Crippen MR) is 42.6 cm³/mol. The van der Waals surface area contributed by atoms with Crippen molar-refractivity contribution < 1.29 is 19.1 Å². The summed E-state index contributed by atoms with van der Waals surface area (Å²) in [7, 11) is -3.39. The van der Waals surface area contributed by atoms with Crippen molar-refractivity contribution in [1.82, 2.24) is 0 Å². The number of hydrogen-bond acceptors (Lipinski definition) is 3. The van der Waals surface area contributed by atoms with Crippen LogP contribution in [0.2, 0.25) is 0 Å². The van der Waals surface area contributed by atoms with E-state index in [2.05, 4.69) is 4.52 Å². The van der Waals surface area contributed by atoms with Crippen molar-refractivity contribution >= 4 is 7.60 Å². The molecule has 1 unspecified atom stereocenters. The molecule has 0 aromatic heterocycles. The highest BCUT2D eigenvalue weighted by Crippen LogP contribution is 2.38. The molecule has 0 amide bonds. The topological polar surface area (TPSA) is 66.8 Å². The zero-order chi connectivity index (χ0) is 9.12. The van der Waals surface area contributed by atoms with E-state index in [0.717, 1.165) is 6.66 Å². The molecule has 0 fully saturated rings. The average Bonchev–Trinajstić information content (AvgIpc) is 1.83. The molecule has 0 aromatic carbocycles. The summed E-state index contributed by atoms with van der Waals surface area (Å²) in [5, 5.41) is 8.74. The van der Waals surface area contributed by atoms with Crippen LogP contribution in [0.4, 0.5) is 0 Å². The largest absolute Gasteiger partial charge is 0.396 e. The zero-order valence-electron chi connectivity index (χ0n) is 7.07. The number of aliphatic hydroxyl groups is 1. The Kier molecular flexibility index (Phi) is 3.71. The highest BCUT2D eigenvalue weighted by Gasteiger charge is 2.21. The minimum Gasteiger partial charge on any atom is -0.396 e. The van der Waals surface area contributed by atoms with Crippen LogP contribution in [-0.4, -0.2) is 29.9 Å². The summed E-state index contributed by atoms with van der Waals surface area (Å²) in [5.74, 6) is 0. The fourth-order valence-corrected chi connectivity index (χ4v) is 0.929. The van der Waals surface area contributed by atoms with Gasteiger partial charge in [0, 0.05) is 12.1 Å². The van der Waals surface area contributed by atoms with Crippen LogP contribution in [-0.2, 0) is 9.09 Å². The summed E-state index contributed by atoms with van der Waals surface area (Å²) in [5.41, 5.74) is -0.450. The van der Waals surface area contributed by atoms with Gasteiger partial charge in [0.1, 0.15) is 0 Å². The molecule has 0 aliphatic rings. The normalized spacial score (nSPS) is 17.9. The molecule has 0 saturated carbocycles. The molecule has 0 aromatic rings. The number of hydrogen-bond donors (Lipinski definition) is 2. The van der Waals surface area contributed by atoms with Gasteiger partial charge in [-0.3, -0.25) is 4.57 Å². The molecule has 0 rings (SSSR count). The third-order valence-corrected chi connectivity index (χ3v) is 1.73. The fourth-order valence-electron chi connectivity index (χ4n) is 0.340. The van der Waals surface area contributed by atoms with E-state index in [1.54, 1.807) is 13.8 Å². The van der Waals surface area contributed by atoms with E-state index in [1.165, 1.54) is 0 Å². The van der Waals surface area contributed by atoms with Crippen molar-refractivity contribution in [1.29, 1.82) is 0 Å². The summed E-state index contributed by atoms with van der Waals surface area (Å²) < 4.78 is 15.3. The van der Waals surface area contributed by atoms with Gasteiger partial charge < -0.3 is 14.5 Å². The third kappa shape index (κ3) is 6.51. The van der Waals surface area contributed by atoms with Crippen LogP contribution in [0.25, 0.3) is 0 Å². The first-order valence-electron chi connectivity index (χ1n) is 3.32. The van der Waals surface area contributed by atoms with Gasteiger partial charge in [-0.15, -0.1) is 0 Å². The van der Waals surface area contributed by atoms with Crippen LogP contribution in [0.5, 0.6) is 0 Å². The first-order chi connectivity index (χ1) is 4.77. The first-order valence-corrected chi connectivity index (χ1v) is 5.35. The minimum atomic E-state index is -3.39. The lowest BCUT2D eigenvalue weighted by atomic mass is 9.97. The molecule has 11 heavy (non-hydrogen) atoms. The summed E-state index contributed by atoms with van der Waals surface area (Å²) in [4.78, 5) is 8.73. The van der Waals surface area contributed by atoms with Crippen molar-refractivity contribution in [3.05, 3.63) is 0 Å². The Morgan fingerprint density at radius 3 is 2.27 bits per heavy atom. The predicted octanol–water partition coefficient (Wildman–Crippen LogP) is 0.837. The molecule has 0 heterocycles.